The Morgan fingerprint density at radius 2 is 1.50 bits per heavy atom. The first kappa shape index (κ1) is 22.5. The van der Waals surface area contributed by atoms with E-state index in [2.05, 4.69) is 97.9 Å². The van der Waals surface area contributed by atoms with E-state index in [1.165, 1.54) is 42.5 Å². The summed E-state index contributed by atoms with van der Waals surface area (Å²) in [5.74, 6) is 3.92. The Morgan fingerprint density at radius 3 is 2.19 bits per heavy atom. The van der Waals surface area contributed by atoms with Crippen LogP contribution in [-0.2, 0) is 16.2 Å². The third-order valence-electron chi connectivity index (χ3n) is 8.57. The summed E-state index contributed by atoms with van der Waals surface area (Å²) in [5, 5.41) is 1.23. The molecule has 3 aromatic carbocycles. The summed E-state index contributed by atoms with van der Waals surface area (Å²) in [5.41, 5.74) is 8.22. The first-order valence-electron chi connectivity index (χ1n) is 13.1. The zero-order valence-electron chi connectivity index (χ0n) is 22.6. The van der Waals surface area contributed by atoms with E-state index in [0.717, 1.165) is 35.0 Å². The van der Waals surface area contributed by atoms with Crippen molar-refractivity contribution in [3.63, 3.8) is 0 Å². The molecule has 0 bridgehead atoms. The highest BCUT2D eigenvalue weighted by Gasteiger charge is 2.47. The Morgan fingerprint density at radius 1 is 0.833 bits per heavy atom. The first-order valence-corrected chi connectivity index (χ1v) is 13.9. The van der Waals surface area contributed by atoms with E-state index in [1.807, 2.05) is 11.3 Å². The highest BCUT2D eigenvalue weighted by molar-refractivity contribution is 7.33. The summed E-state index contributed by atoms with van der Waals surface area (Å²) < 4.78 is 16.0. The van der Waals surface area contributed by atoms with Crippen LogP contribution in [0.4, 0.5) is 0 Å². The summed E-state index contributed by atoms with van der Waals surface area (Å²) in [7, 11) is 0. The van der Waals surface area contributed by atoms with Gasteiger partial charge in [0.1, 0.15) is 23.0 Å². The Bertz CT molecular complexity index is 1620. The van der Waals surface area contributed by atoms with E-state index in [-0.39, 0.29) is 23.0 Å². The van der Waals surface area contributed by atoms with Crippen LogP contribution in [0.15, 0.2) is 42.5 Å². The normalized spacial score (nSPS) is 18.2. The predicted molar refractivity (Wildman–Crippen MR) is 154 cm³/mol. The van der Waals surface area contributed by atoms with Crippen molar-refractivity contribution in [2.24, 2.45) is 0 Å². The number of aryl methyl sites for hydroxylation is 1. The van der Waals surface area contributed by atoms with Gasteiger partial charge in [-0.1, -0.05) is 60.6 Å². The maximum atomic E-state index is 6.74. The van der Waals surface area contributed by atoms with Gasteiger partial charge in [0.2, 0.25) is 0 Å². The molecule has 0 atom stereocenters. The van der Waals surface area contributed by atoms with Crippen LogP contribution in [0.1, 0.15) is 77.1 Å². The van der Waals surface area contributed by atoms with E-state index in [9.17, 15) is 0 Å². The molecule has 1 aromatic heterocycles. The molecule has 0 saturated carbocycles. The molecule has 3 heterocycles. The van der Waals surface area contributed by atoms with Crippen LogP contribution in [0.3, 0.4) is 0 Å². The molecule has 2 nitrogen and oxygen atoms in total. The molecule has 1 aliphatic carbocycles. The maximum absolute atomic E-state index is 6.74. The molecule has 2 aliphatic heterocycles. The van der Waals surface area contributed by atoms with Crippen molar-refractivity contribution in [2.75, 3.05) is 0 Å². The molecular weight excluding hydrogens is 459 g/mol. The van der Waals surface area contributed by atoms with Gasteiger partial charge in [0.05, 0.1) is 0 Å². The topological polar surface area (TPSA) is 18.5 Å². The second kappa shape index (κ2) is 6.78. The van der Waals surface area contributed by atoms with Gasteiger partial charge in [-0.25, -0.2) is 0 Å². The predicted octanol–water partition coefficient (Wildman–Crippen LogP) is 7.19. The van der Waals surface area contributed by atoms with Crippen molar-refractivity contribution in [2.45, 2.75) is 78.1 Å². The molecule has 0 radical (unpaired) electrons. The first-order chi connectivity index (χ1) is 16.8. The highest BCUT2D eigenvalue weighted by Crippen LogP contribution is 2.51. The van der Waals surface area contributed by atoms with Crippen molar-refractivity contribution < 1.29 is 9.47 Å². The maximum Gasteiger partial charge on any atom is 0.273 e. The van der Waals surface area contributed by atoms with Crippen LogP contribution in [0.25, 0.3) is 10.1 Å². The second-order valence-corrected chi connectivity index (χ2v) is 14.5. The smallest absolute Gasteiger partial charge is 0.273 e. The van der Waals surface area contributed by atoms with Gasteiger partial charge in [0.15, 0.2) is 0 Å². The van der Waals surface area contributed by atoms with Crippen LogP contribution < -0.4 is 25.2 Å². The van der Waals surface area contributed by atoms with Crippen molar-refractivity contribution in [1.82, 2.24) is 0 Å². The van der Waals surface area contributed by atoms with Crippen molar-refractivity contribution in [3.05, 3.63) is 64.7 Å². The Kier molecular flexibility index (Phi) is 4.23. The fourth-order valence-electron chi connectivity index (χ4n) is 7.02. The molecule has 4 aromatic rings. The van der Waals surface area contributed by atoms with Gasteiger partial charge in [-0.3, -0.25) is 0 Å². The van der Waals surface area contributed by atoms with E-state index < -0.39 is 0 Å². The Hall–Kier alpha value is -2.72. The minimum Gasteiger partial charge on any atom is -0.458 e. The number of rotatable bonds is 0. The number of hydrogen-bond donors (Lipinski definition) is 0. The fraction of sp³-hybridized carbons (Fsp3) is 0.375. The third kappa shape index (κ3) is 2.97. The van der Waals surface area contributed by atoms with Gasteiger partial charge >= 0.3 is 0 Å². The lowest BCUT2D eigenvalue weighted by Gasteiger charge is -2.33. The monoisotopic (exact) mass is 492 g/mol. The molecule has 4 heteroatoms. The number of benzene rings is 3. The van der Waals surface area contributed by atoms with Crippen molar-refractivity contribution >= 4 is 43.8 Å². The van der Waals surface area contributed by atoms with Crippen LogP contribution in [0.5, 0.6) is 23.0 Å². The zero-order chi connectivity index (χ0) is 25.4. The summed E-state index contributed by atoms with van der Waals surface area (Å²) in [6, 6.07) is 16.1. The number of hydrogen-bond acceptors (Lipinski definition) is 3. The molecule has 0 N–H and O–H groups in total. The fourth-order valence-corrected chi connectivity index (χ4v) is 8.26. The second-order valence-electron chi connectivity index (χ2n) is 13.4. The average Bonchev–Trinajstić information content (AvgIpc) is 3.22. The minimum atomic E-state index is 0.0869. The highest BCUT2D eigenvalue weighted by atomic mass is 32.1. The molecular formula is C32H33BO2S. The summed E-state index contributed by atoms with van der Waals surface area (Å²) in [6.07, 6.45) is 1.15. The van der Waals surface area contributed by atoms with Gasteiger partial charge in [0.25, 0.3) is 6.71 Å². The Labute approximate surface area is 218 Å². The van der Waals surface area contributed by atoms with Crippen LogP contribution in [-0.4, -0.2) is 6.71 Å². The van der Waals surface area contributed by atoms with Crippen LogP contribution >= 0.6 is 11.3 Å². The van der Waals surface area contributed by atoms with E-state index >= 15 is 0 Å². The van der Waals surface area contributed by atoms with Crippen molar-refractivity contribution in [3.8, 4) is 23.0 Å². The molecule has 0 spiro atoms. The molecule has 3 aliphatic rings. The number of thiophene rings is 1. The number of fused-ring (bicyclic) bond motifs is 7. The van der Waals surface area contributed by atoms with E-state index in [1.54, 1.807) is 0 Å². The molecule has 0 fully saturated rings. The molecule has 0 unspecified atom stereocenters. The average molecular weight is 492 g/mol. The van der Waals surface area contributed by atoms with E-state index in [0.29, 0.717) is 0 Å². The third-order valence-corrected chi connectivity index (χ3v) is 9.79. The van der Waals surface area contributed by atoms with Gasteiger partial charge < -0.3 is 9.47 Å². The quantitative estimate of drug-likeness (QED) is 0.209. The van der Waals surface area contributed by atoms with Gasteiger partial charge in [0, 0.05) is 20.3 Å². The molecule has 0 amide bonds. The number of ether oxygens (including phenoxy) is 2. The lowest BCUT2D eigenvalue weighted by molar-refractivity contribution is 0.402. The van der Waals surface area contributed by atoms with Gasteiger partial charge in [-0.15, -0.1) is 11.3 Å². The largest absolute Gasteiger partial charge is 0.458 e. The van der Waals surface area contributed by atoms with Gasteiger partial charge in [-0.05, 0) is 87.6 Å². The standard InChI is InChI=1S/C32H33BO2S/c1-17-11-24-27-25(12-17)35-28-19-13-18(30(2,3)4)9-10-26(19)36-29(28)33(27)22-14-20-21(15-23(22)34-24)32(7,8)16-31(20,5)6/h9-15H,16H2,1-8H3. The lowest BCUT2D eigenvalue weighted by atomic mass is 9.37. The lowest BCUT2D eigenvalue weighted by Crippen LogP contribution is -2.56. The Balaban J connectivity index is 1.53. The minimum absolute atomic E-state index is 0.0869. The molecule has 0 saturated heterocycles. The van der Waals surface area contributed by atoms with Gasteiger partial charge in [-0.2, -0.15) is 0 Å². The molecule has 182 valence electrons. The molecule has 7 rings (SSSR count). The summed E-state index contributed by atoms with van der Waals surface area (Å²) in [4.78, 5) is 0. The summed E-state index contributed by atoms with van der Waals surface area (Å²) in [6.45, 7) is 18.6. The molecule has 36 heavy (non-hydrogen) atoms. The van der Waals surface area contributed by atoms with E-state index in [4.69, 9.17) is 9.47 Å². The van der Waals surface area contributed by atoms with Crippen molar-refractivity contribution in [1.29, 1.82) is 0 Å². The summed E-state index contributed by atoms with van der Waals surface area (Å²) >= 11 is 1.88. The van der Waals surface area contributed by atoms with Crippen LogP contribution in [0.2, 0.25) is 0 Å². The van der Waals surface area contributed by atoms with Crippen LogP contribution in [0, 0.1) is 6.92 Å². The zero-order valence-corrected chi connectivity index (χ0v) is 23.4. The SMILES string of the molecule is Cc1cc2c3c(c1)Oc1c(sc4ccc(C(C)(C)C)cc14)B3c1cc3c(cc1O2)C(C)(C)CC3(C)C.